The lowest BCUT2D eigenvalue weighted by Crippen LogP contribution is -2.45. The number of piperidine rings is 1. The topological polar surface area (TPSA) is 88.2 Å². The molecular formula is C21H33N3O5S. The van der Waals surface area contributed by atoms with Gasteiger partial charge >= 0.3 is 0 Å². The lowest BCUT2D eigenvalue weighted by molar-refractivity contribution is 0.0729. The van der Waals surface area contributed by atoms with E-state index in [1.807, 2.05) is 0 Å². The van der Waals surface area contributed by atoms with Crippen molar-refractivity contribution >= 4 is 15.9 Å². The number of morpholine rings is 1. The quantitative estimate of drug-likeness (QED) is 0.664. The van der Waals surface area contributed by atoms with Gasteiger partial charge in [0.2, 0.25) is 10.0 Å². The summed E-state index contributed by atoms with van der Waals surface area (Å²) in [6.07, 6.45) is 4.20. The number of sulfonamides is 1. The molecule has 2 fully saturated rings. The molecule has 8 nitrogen and oxygen atoms in total. The molecule has 1 N–H and O–H groups in total. The SMILES string of the molecule is CCCCN1CCC(NC(=O)c2ccc(OC)c(S(=O)(=O)N3CCOCC3)c2)CC1. The standard InChI is InChI=1S/C21H33N3O5S/c1-3-4-9-23-10-7-18(8-11-23)22-21(25)17-5-6-19(28-2)20(16-17)30(26,27)24-12-14-29-15-13-24/h5-6,16,18H,3-4,7-15H2,1-2H3,(H,22,25). The van der Waals surface area contributed by atoms with E-state index in [1.54, 1.807) is 12.1 Å². The molecular weight excluding hydrogens is 406 g/mol. The lowest BCUT2D eigenvalue weighted by atomic mass is 10.0. The van der Waals surface area contributed by atoms with Crippen LogP contribution in [0.15, 0.2) is 23.1 Å². The molecule has 2 aliphatic heterocycles. The van der Waals surface area contributed by atoms with Crippen LogP contribution in [0.2, 0.25) is 0 Å². The summed E-state index contributed by atoms with van der Waals surface area (Å²) in [7, 11) is -2.34. The number of carbonyl (C=O) groups is 1. The summed E-state index contributed by atoms with van der Waals surface area (Å²) >= 11 is 0. The number of nitrogens with one attached hydrogen (secondary N) is 1. The van der Waals surface area contributed by atoms with E-state index in [4.69, 9.17) is 9.47 Å². The largest absolute Gasteiger partial charge is 0.495 e. The van der Waals surface area contributed by atoms with Crippen LogP contribution in [0.3, 0.4) is 0 Å². The van der Waals surface area contributed by atoms with E-state index in [0.29, 0.717) is 31.9 Å². The molecule has 0 aliphatic carbocycles. The van der Waals surface area contributed by atoms with Gasteiger partial charge in [-0.1, -0.05) is 13.3 Å². The van der Waals surface area contributed by atoms with Gasteiger partial charge in [0.1, 0.15) is 10.6 Å². The molecule has 2 saturated heterocycles. The minimum absolute atomic E-state index is 0.0222. The molecule has 0 atom stereocenters. The first-order valence-electron chi connectivity index (χ1n) is 10.7. The van der Waals surface area contributed by atoms with Crippen LogP contribution in [0.4, 0.5) is 0 Å². The Bertz CT molecular complexity index is 816. The molecule has 0 spiro atoms. The normalized spacial score (nSPS) is 19.5. The maximum absolute atomic E-state index is 13.1. The predicted octanol–water partition coefficient (Wildman–Crippen LogP) is 1.71. The minimum Gasteiger partial charge on any atom is -0.495 e. The molecule has 0 saturated carbocycles. The molecule has 0 bridgehead atoms. The first-order chi connectivity index (χ1) is 14.5. The Morgan fingerprint density at radius 1 is 1.20 bits per heavy atom. The van der Waals surface area contributed by atoms with E-state index in [9.17, 15) is 13.2 Å². The molecule has 2 heterocycles. The third-order valence-electron chi connectivity index (χ3n) is 5.76. The highest BCUT2D eigenvalue weighted by atomic mass is 32.2. The second-order valence-electron chi connectivity index (χ2n) is 7.83. The average Bonchev–Trinajstić information content (AvgIpc) is 2.78. The second kappa shape index (κ2) is 10.6. The van der Waals surface area contributed by atoms with Crippen LogP contribution in [-0.4, -0.2) is 82.6 Å². The third-order valence-corrected chi connectivity index (χ3v) is 7.68. The van der Waals surface area contributed by atoms with Gasteiger partial charge in [-0.15, -0.1) is 0 Å². The molecule has 3 rings (SSSR count). The summed E-state index contributed by atoms with van der Waals surface area (Å²) in [6, 6.07) is 4.70. The predicted molar refractivity (Wildman–Crippen MR) is 114 cm³/mol. The molecule has 1 amide bonds. The molecule has 0 aromatic heterocycles. The van der Waals surface area contributed by atoms with Crippen molar-refractivity contribution in [2.24, 2.45) is 0 Å². The van der Waals surface area contributed by atoms with E-state index >= 15 is 0 Å². The van der Waals surface area contributed by atoms with E-state index in [1.165, 1.54) is 30.3 Å². The van der Waals surface area contributed by atoms with Gasteiger partial charge in [-0.2, -0.15) is 4.31 Å². The Morgan fingerprint density at radius 2 is 1.90 bits per heavy atom. The number of unbranched alkanes of at least 4 members (excludes halogenated alkanes) is 1. The van der Waals surface area contributed by atoms with Crippen molar-refractivity contribution < 1.29 is 22.7 Å². The van der Waals surface area contributed by atoms with Crippen LogP contribution < -0.4 is 10.1 Å². The second-order valence-corrected chi connectivity index (χ2v) is 9.73. The zero-order valence-electron chi connectivity index (χ0n) is 17.9. The Morgan fingerprint density at radius 3 is 2.53 bits per heavy atom. The van der Waals surface area contributed by atoms with E-state index in [0.717, 1.165) is 32.5 Å². The summed E-state index contributed by atoms with van der Waals surface area (Å²) in [5.74, 6) is -0.00892. The van der Waals surface area contributed by atoms with Gasteiger partial charge in [-0.05, 0) is 44.0 Å². The zero-order chi connectivity index (χ0) is 21.6. The number of ether oxygens (including phenoxy) is 2. The van der Waals surface area contributed by atoms with Crippen LogP contribution in [-0.2, 0) is 14.8 Å². The van der Waals surface area contributed by atoms with Gasteiger partial charge in [-0.25, -0.2) is 8.42 Å². The van der Waals surface area contributed by atoms with Crippen LogP contribution in [0.25, 0.3) is 0 Å². The number of methoxy groups -OCH3 is 1. The molecule has 0 unspecified atom stereocenters. The van der Waals surface area contributed by atoms with E-state index in [2.05, 4.69) is 17.1 Å². The number of likely N-dealkylation sites (tertiary alicyclic amines) is 1. The van der Waals surface area contributed by atoms with Crippen molar-refractivity contribution in [2.75, 3.05) is 53.0 Å². The highest BCUT2D eigenvalue weighted by Gasteiger charge is 2.30. The fourth-order valence-electron chi connectivity index (χ4n) is 3.90. The van der Waals surface area contributed by atoms with Crippen LogP contribution >= 0.6 is 0 Å². The fourth-order valence-corrected chi connectivity index (χ4v) is 5.49. The van der Waals surface area contributed by atoms with Crippen LogP contribution in [0.5, 0.6) is 5.75 Å². The Balaban J connectivity index is 1.69. The summed E-state index contributed by atoms with van der Waals surface area (Å²) in [4.78, 5) is 15.3. The Kier molecular flexibility index (Phi) is 8.10. The van der Waals surface area contributed by atoms with Gasteiger partial charge in [0.05, 0.1) is 20.3 Å². The maximum Gasteiger partial charge on any atom is 0.251 e. The van der Waals surface area contributed by atoms with Crippen molar-refractivity contribution in [3.05, 3.63) is 23.8 Å². The summed E-state index contributed by atoms with van der Waals surface area (Å²) in [5, 5.41) is 3.07. The molecule has 168 valence electrons. The third kappa shape index (κ3) is 5.51. The monoisotopic (exact) mass is 439 g/mol. The molecule has 0 radical (unpaired) electrons. The van der Waals surface area contributed by atoms with Gasteiger partial charge < -0.3 is 19.7 Å². The highest BCUT2D eigenvalue weighted by molar-refractivity contribution is 7.89. The molecule has 9 heteroatoms. The van der Waals surface area contributed by atoms with Crippen LogP contribution in [0.1, 0.15) is 43.0 Å². The number of nitrogens with zero attached hydrogens (tertiary/aromatic N) is 2. The Labute approximate surface area is 179 Å². The average molecular weight is 440 g/mol. The Hall–Kier alpha value is -1.68. The summed E-state index contributed by atoms with van der Waals surface area (Å²) < 4.78 is 38.1. The zero-order valence-corrected chi connectivity index (χ0v) is 18.7. The van der Waals surface area contributed by atoms with E-state index < -0.39 is 10.0 Å². The number of amides is 1. The molecule has 1 aromatic rings. The number of hydrogen-bond donors (Lipinski definition) is 1. The van der Waals surface area contributed by atoms with Crippen molar-refractivity contribution in [1.29, 1.82) is 0 Å². The van der Waals surface area contributed by atoms with Gasteiger partial charge in [-0.3, -0.25) is 4.79 Å². The summed E-state index contributed by atoms with van der Waals surface area (Å²) in [6.45, 7) is 6.55. The minimum atomic E-state index is -3.77. The van der Waals surface area contributed by atoms with Crippen molar-refractivity contribution in [3.8, 4) is 5.75 Å². The number of rotatable bonds is 8. The van der Waals surface area contributed by atoms with Crippen molar-refractivity contribution in [3.63, 3.8) is 0 Å². The van der Waals surface area contributed by atoms with Gasteiger partial charge in [0, 0.05) is 37.8 Å². The molecule has 1 aromatic carbocycles. The van der Waals surface area contributed by atoms with Crippen molar-refractivity contribution in [1.82, 2.24) is 14.5 Å². The summed E-state index contributed by atoms with van der Waals surface area (Å²) in [5.41, 5.74) is 0.330. The number of benzene rings is 1. The smallest absolute Gasteiger partial charge is 0.251 e. The van der Waals surface area contributed by atoms with Gasteiger partial charge in [0.15, 0.2) is 0 Å². The van der Waals surface area contributed by atoms with Gasteiger partial charge in [0.25, 0.3) is 5.91 Å². The molecule has 2 aliphatic rings. The number of hydrogen-bond acceptors (Lipinski definition) is 6. The van der Waals surface area contributed by atoms with Crippen LogP contribution in [0, 0.1) is 0 Å². The molecule has 30 heavy (non-hydrogen) atoms. The first-order valence-corrected chi connectivity index (χ1v) is 12.2. The maximum atomic E-state index is 13.1. The lowest BCUT2D eigenvalue weighted by Gasteiger charge is -2.32. The fraction of sp³-hybridized carbons (Fsp3) is 0.667. The van der Waals surface area contributed by atoms with Crippen molar-refractivity contribution in [2.45, 2.75) is 43.5 Å². The van der Waals surface area contributed by atoms with E-state index in [-0.39, 0.29) is 22.6 Å². The first kappa shape index (κ1) is 23.0. The number of carbonyl (C=O) groups excluding carboxylic acids is 1. The highest BCUT2D eigenvalue weighted by Crippen LogP contribution is 2.28.